The van der Waals surface area contributed by atoms with Gasteiger partial charge in [0.1, 0.15) is 0 Å². The molecule has 0 unspecified atom stereocenters. The van der Waals surface area contributed by atoms with Gasteiger partial charge in [-0.15, -0.1) is 0 Å². The molecule has 2 aromatic heterocycles. The SMILES string of the molecule is CCCCCC1CCC(CCc2ccc(-c3ccc(CC)cc3)nc2)CC1.CCCCCC1CCC(CCc2ccc(-c3ccc(CCC)cc3)nc2)CC1. The van der Waals surface area contributed by atoms with E-state index in [-0.39, 0.29) is 0 Å². The van der Waals surface area contributed by atoms with Gasteiger partial charge in [0.15, 0.2) is 0 Å². The maximum absolute atomic E-state index is 4.74. The Morgan fingerprint density at radius 1 is 0.382 bits per heavy atom. The van der Waals surface area contributed by atoms with Crippen molar-refractivity contribution in [2.24, 2.45) is 23.7 Å². The summed E-state index contributed by atoms with van der Waals surface area (Å²) < 4.78 is 0. The van der Waals surface area contributed by atoms with Crippen LogP contribution in [0, 0.1) is 23.7 Å². The average Bonchev–Trinajstić information content (AvgIpc) is 3.24. The molecule has 2 heterocycles. The van der Waals surface area contributed by atoms with Crippen LogP contribution in [0.2, 0.25) is 0 Å². The van der Waals surface area contributed by atoms with Crippen LogP contribution in [0.3, 0.4) is 0 Å². The number of pyridine rings is 2. The van der Waals surface area contributed by atoms with Gasteiger partial charge in [-0.05, 0) is 96.6 Å². The first-order chi connectivity index (χ1) is 27.1. The van der Waals surface area contributed by atoms with Gasteiger partial charge in [0.2, 0.25) is 0 Å². The first kappa shape index (κ1) is 42.9. The number of hydrogen-bond acceptors (Lipinski definition) is 2. The number of unbranched alkanes of at least 4 members (excludes halogenated alkanes) is 4. The van der Waals surface area contributed by atoms with Crippen LogP contribution in [0.1, 0.15) is 172 Å². The number of aryl methyl sites for hydroxylation is 4. The first-order valence-corrected chi connectivity index (χ1v) is 23.1. The van der Waals surface area contributed by atoms with Crippen LogP contribution >= 0.6 is 0 Å². The number of nitrogens with zero attached hydrogens (tertiary/aromatic N) is 2. The summed E-state index contributed by atoms with van der Waals surface area (Å²) in [5, 5.41) is 0. The lowest BCUT2D eigenvalue weighted by Crippen LogP contribution is -2.15. The summed E-state index contributed by atoms with van der Waals surface area (Å²) >= 11 is 0. The molecule has 298 valence electrons. The Bertz CT molecular complexity index is 1550. The molecule has 2 saturated carbocycles. The largest absolute Gasteiger partial charge is 0.256 e. The maximum Gasteiger partial charge on any atom is 0.0702 e. The molecule has 0 atom stereocenters. The second-order valence-corrected chi connectivity index (χ2v) is 17.4. The van der Waals surface area contributed by atoms with E-state index in [1.807, 2.05) is 0 Å². The van der Waals surface area contributed by atoms with Crippen molar-refractivity contribution in [3.63, 3.8) is 0 Å². The van der Waals surface area contributed by atoms with Gasteiger partial charge < -0.3 is 0 Å². The minimum atomic E-state index is 0.938. The van der Waals surface area contributed by atoms with Crippen molar-refractivity contribution in [1.29, 1.82) is 0 Å². The molecule has 0 spiro atoms. The summed E-state index contributed by atoms with van der Waals surface area (Å²) in [7, 11) is 0. The highest BCUT2D eigenvalue weighted by molar-refractivity contribution is 5.60. The van der Waals surface area contributed by atoms with Crippen LogP contribution < -0.4 is 0 Å². The van der Waals surface area contributed by atoms with Gasteiger partial charge in [-0.2, -0.15) is 0 Å². The molecule has 0 bridgehead atoms. The molecule has 4 aromatic rings. The molecule has 2 heteroatoms. The summed E-state index contributed by atoms with van der Waals surface area (Å²) in [6.07, 6.45) is 35.8. The Labute approximate surface area is 337 Å². The number of aromatic nitrogens is 2. The van der Waals surface area contributed by atoms with Crippen LogP contribution in [-0.2, 0) is 25.7 Å². The summed E-state index contributed by atoms with van der Waals surface area (Å²) in [6, 6.07) is 26.7. The molecule has 0 aliphatic heterocycles. The topological polar surface area (TPSA) is 25.8 Å². The number of rotatable bonds is 19. The Morgan fingerprint density at radius 3 is 1.11 bits per heavy atom. The quantitative estimate of drug-likeness (QED) is 0.0895. The fraction of sp³-hybridized carbons (Fsp3) is 0.585. The van der Waals surface area contributed by atoms with Gasteiger partial charge in [-0.3, -0.25) is 9.97 Å². The molecular formula is C53H76N2. The van der Waals surface area contributed by atoms with Gasteiger partial charge in [-0.1, -0.05) is 198 Å². The fourth-order valence-electron chi connectivity index (χ4n) is 9.25. The molecule has 55 heavy (non-hydrogen) atoms. The summed E-state index contributed by atoms with van der Waals surface area (Å²) in [5.74, 6) is 3.92. The van der Waals surface area contributed by atoms with Crippen LogP contribution in [0.5, 0.6) is 0 Å². The summed E-state index contributed by atoms with van der Waals surface area (Å²) in [4.78, 5) is 9.46. The standard InChI is InChI=1S/C27H39N.C26H37N/c1-3-5-6-8-23-9-11-24(12-10-23)13-14-25-17-20-27(28-21-25)26-18-15-22(7-4-2)16-19-26;1-3-5-6-7-22-8-10-23(11-9-22)12-13-24-16-19-26(27-20-24)25-17-14-21(4-2)15-18-25/h15-21,23-24H,3-14H2,1-2H3;14-20,22-23H,3-13H2,1-2H3. The highest BCUT2D eigenvalue weighted by atomic mass is 14.7. The molecule has 2 fully saturated rings. The van der Waals surface area contributed by atoms with E-state index in [4.69, 9.17) is 9.97 Å². The zero-order valence-corrected chi connectivity index (χ0v) is 35.6. The molecule has 6 rings (SSSR count). The average molecular weight is 741 g/mol. The van der Waals surface area contributed by atoms with Gasteiger partial charge >= 0.3 is 0 Å². The van der Waals surface area contributed by atoms with Crippen molar-refractivity contribution in [1.82, 2.24) is 9.97 Å². The van der Waals surface area contributed by atoms with E-state index in [1.54, 1.807) is 0 Å². The number of benzene rings is 2. The minimum Gasteiger partial charge on any atom is -0.256 e. The minimum absolute atomic E-state index is 0.938. The molecule has 2 aromatic carbocycles. The normalized spacial score (nSPS) is 19.8. The van der Waals surface area contributed by atoms with Crippen molar-refractivity contribution in [2.75, 3.05) is 0 Å². The second kappa shape index (κ2) is 24.4. The van der Waals surface area contributed by atoms with Crippen molar-refractivity contribution in [2.45, 2.75) is 175 Å². The summed E-state index contributed by atoms with van der Waals surface area (Å²) in [6.45, 7) is 9.04. The lowest BCUT2D eigenvalue weighted by atomic mass is 9.78. The molecule has 2 nitrogen and oxygen atoms in total. The second-order valence-electron chi connectivity index (χ2n) is 17.4. The van der Waals surface area contributed by atoms with E-state index in [1.165, 1.54) is 168 Å². The molecule has 0 N–H and O–H groups in total. The summed E-state index contributed by atoms with van der Waals surface area (Å²) in [5.41, 5.74) is 10.2. The lowest BCUT2D eigenvalue weighted by Gasteiger charge is -2.28. The van der Waals surface area contributed by atoms with E-state index < -0.39 is 0 Å². The van der Waals surface area contributed by atoms with Gasteiger partial charge in [0.25, 0.3) is 0 Å². The molecule has 0 amide bonds. The lowest BCUT2D eigenvalue weighted by molar-refractivity contribution is 0.249. The molecular weight excluding hydrogens is 665 g/mol. The highest BCUT2D eigenvalue weighted by Gasteiger charge is 2.22. The Morgan fingerprint density at radius 2 is 0.764 bits per heavy atom. The maximum atomic E-state index is 4.74. The third-order valence-corrected chi connectivity index (χ3v) is 13.1. The number of hydrogen-bond donors (Lipinski definition) is 0. The molecule has 0 saturated heterocycles. The van der Waals surface area contributed by atoms with Crippen molar-refractivity contribution in [3.05, 3.63) is 107 Å². The van der Waals surface area contributed by atoms with E-state index in [0.29, 0.717) is 0 Å². The smallest absolute Gasteiger partial charge is 0.0702 e. The van der Waals surface area contributed by atoms with Crippen molar-refractivity contribution >= 4 is 0 Å². The van der Waals surface area contributed by atoms with Crippen molar-refractivity contribution < 1.29 is 0 Å². The highest BCUT2D eigenvalue weighted by Crippen LogP contribution is 2.35. The predicted octanol–water partition coefficient (Wildman–Crippen LogP) is 15.7. The van der Waals surface area contributed by atoms with Crippen molar-refractivity contribution in [3.8, 4) is 22.5 Å². The Hall–Kier alpha value is -3.26. The van der Waals surface area contributed by atoms with Crippen LogP contribution in [0.25, 0.3) is 22.5 Å². The zero-order valence-electron chi connectivity index (χ0n) is 35.6. The third kappa shape index (κ3) is 15.0. The molecule has 0 radical (unpaired) electrons. The Balaban J connectivity index is 0.000000211. The van der Waals surface area contributed by atoms with E-state index in [2.05, 4.69) is 113 Å². The fourth-order valence-corrected chi connectivity index (χ4v) is 9.25. The molecule has 2 aliphatic rings. The van der Waals surface area contributed by atoms with E-state index in [9.17, 15) is 0 Å². The van der Waals surface area contributed by atoms with Crippen LogP contribution in [0.4, 0.5) is 0 Å². The Kier molecular flexibility index (Phi) is 19.0. The first-order valence-electron chi connectivity index (χ1n) is 23.1. The van der Waals surface area contributed by atoms with Crippen LogP contribution in [-0.4, -0.2) is 9.97 Å². The predicted molar refractivity (Wildman–Crippen MR) is 239 cm³/mol. The monoisotopic (exact) mass is 741 g/mol. The van der Waals surface area contributed by atoms with Crippen LogP contribution in [0.15, 0.2) is 85.2 Å². The van der Waals surface area contributed by atoms with Gasteiger partial charge in [0, 0.05) is 23.5 Å². The third-order valence-electron chi connectivity index (χ3n) is 13.1. The molecule has 2 aliphatic carbocycles. The van der Waals surface area contributed by atoms with Gasteiger partial charge in [0.05, 0.1) is 11.4 Å². The van der Waals surface area contributed by atoms with Gasteiger partial charge in [-0.25, -0.2) is 0 Å². The zero-order chi connectivity index (χ0) is 38.5. The van der Waals surface area contributed by atoms with E-state index >= 15 is 0 Å². The van der Waals surface area contributed by atoms with E-state index in [0.717, 1.165) is 47.9 Å².